The van der Waals surface area contributed by atoms with Gasteiger partial charge in [0.25, 0.3) is 0 Å². The monoisotopic (exact) mass is 312 g/mol. The quantitative estimate of drug-likeness (QED) is 0.762. The van der Waals surface area contributed by atoms with Gasteiger partial charge in [-0.1, -0.05) is 30.3 Å². The van der Waals surface area contributed by atoms with Gasteiger partial charge in [-0.25, -0.2) is 0 Å². The minimum absolute atomic E-state index is 0.0911. The van der Waals surface area contributed by atoms with Crippen LogP contribution in [-0.2, 0) is 11.2 Å². The van der Waals surface area contributed by atoms with Gasteiger partial charge in [-0.2, -0.15) is 0 Å². The number of rotatable bonds is 8. The summed E-state index contributed by atoms with van der Waals surface area (Å²) in [5.41, 5.74) is 2.16. The Kier molecular flexibility index (Phi) is 6.63. The molecule has 4 nitrogen and oxygen atoms in total. The third-order valence-corrected chi connectivity index (χ3v) is 3.71. The number of para-hydroxylation sites is 1. The highest BCUT2D eigenvalue weighted by Gasteiger charge is 2.12. The van der Waals surface area contributed by atoms with Crippen molar-refractivity contribution in [3.8, 4) is 5.75 Å². The molecule has 0 aliphatic heterocycles. The SMILES string of the molecule is CCN(C(=O)CNCCc1ccc(OC)cc1)c1ccccc1. The molecule has 4 heteroatoms. The third-order valence-electron chi connectivity index (χ3n) is 3.71. The normalized spacial score (nSPS) is 10.3. The first-order chi connectivity index (χ1) is 11.2. The molecule has 0 saturated carbocycles. The number of carbonyl (C=O) groups is 1. The number of ether oxygens (including phenoxy) is 1. The van der Waals surface area contributed by atoms with Crippen molar-refractivity contribution in [2.75, 3.05) is 31.6 Å². The number of benzene rings is 2. The summed E-state index contributed by atoms with van der Waals surface area (Å²) in [6.07, 6.45) is 0.884. The van der Waals surface area contributed by atoms with E-state index in [0.717, 1.165) is 24.4 Å². The van der Waals surface area contributed by atoms with Crippen molar-refractivity contribution in [2.45, 2.75) is 13.3 Å². The van der Waals surface area contributed by atoms with Crippen LogP contribution in [0.2, 0.25) is 0 Å². The van der Waals surface area contributed by atoms with Crippen molar-refractivity contribution >= 4 is 11.6 Å². The van der Waals surface area contributed by atoms with Gasteiger partial charge < -0.3 is 15.0 Å². The summed E-state index contributed by atoms with van der Waals surface area (Å²) in [5, 5.41) is 3.22. The van der Waals surface area contributed by atoms with E-state index in [1.807, 2.05) is 61.5 Å². The molecule has 0 aliphatic carbocycles. The molecule has 0 bridgehead atoms. The first kappa shape index (κ1) is 17.0. The zero-order valence-corrected chi connectivity index (χ0v) is 13.8. The number of hydrogen-bond donors (Lipinski definition) is 1. The average Bonchev–Trinajstić information content (AvgIpc) is 2.61. The smallest absolute Gasteiger partial charge is 0.240 e. The van der Waals surface area contributed by atoms with Crippen molar-refractivity contribution in [1.29, 1.82) is 0 Å². The Balaban J connectivity index is 1.77. The molecule has 0 aromatic heterocycles. The van der Waals surface area contributed by atoms with Gasteiger partial charge in [0, 0.05) is 12.2 Å². The molecule has 1 N–H and O–H groups in total. The summed E-state index contributed by atoms with van der Waals surface area (Å²) in [6, 6.07) is 17.8. The summed E-state index contributed by atoms with van der Waals surface area (Å²) < 4.78 is 5.14. The van der Waals surface area contributed by atoms with Gasteiger partial charge in [-0.05, 0) is 49.7 Å². The van der Waals surface area contributed by atoms with Gasteiger partial charge in [0.1, 0.15) is 5.75 Å². The topological polar surface area (TPSA) is 41.6 Å². The van der Waals surface area contributed by atoms with E-state index in [1.165, 1.54) is 5.56 Å². The van der Waals surface area contributed by atoms with Crippen molar-refractivity contribution < 1.29 is 9.53 Å². The Morgan fingerprint density at radius 2 is 1.78 bits per heavy atom. The molecule has 122 valence electrons. The van der Waals surface area contributed by atoms with Crippen LogP contribution in [-0.4, -0.2) is 32.7 Å². The highest BCUT2D eigenvalue weighted by Crippen LogP contribution is 2.13. The largest absolute Gasteiger partial charge is 0.497 e. The molecule has 0 fully saturated rings. The maximum Gasteiger partial charge on any atom is 0.240 e. The minimum atomic E-state index is 0.0911. The maximum atomic E-state index is 12.3. The lowest BCUT2D eigenvalue weighted by atomic mass is 10.1. The highest BCUT2D eigenvalue weighted by molar-refractivity contribution is 5.94. The van der Waals surface area contributed by atoms with Gasteiger partial charge in [-0.15, -0.1) is 0 Å². The summed E-state index contributed by atoms with van der Waals surface area (Å²) in [7, 11) is 1.66. The number of nitrogens with one attached hydrogen (secondary N) is 1. The third kappa shape index (κ3) is 5.11. The average molecular weight is 312 g/mol. The van der Waals surface area contributed by atoms with Crippen LogP contribution in [0.25, 0.3) is 0 Å². The van der Waals surface area contributed by atoms with Crippen LogP contribution in [0.5, 0.6) is 5.75 Å². The van der Waals surface area contributed by atoms with E-state index >= 15 is 0 Å². The van der Waals surface area contributed by atoms with E-state index in [0.29, 0.717) is 13.1 Å². The molecule has 0 spiro atoms. The Morgan fingerprint density at radius 3 is 2.39 bits per heavy atom. The molecule has 0 aliphatic rings. The predicted molar refractivity (Wildman–Crippen MR) is 94.0 cm³/mol. The van der Waals surface area contributed by atoms with Gasteiger partial charge in [0.2, 0.25) is 5.91 Å². The van der Waals surface area contributed by atoms with E-state index < -0.39 is 0 Å². The van der Waals surface area contributed by atoms with Crippen LogP contribution < -0.4 is 15.0 Å². The standard InChI is InChI=1S/C19H24N2O2/c1-3-21(17-7-5-4-6-8-17)19(22)15-20-14-13-16-9-11-18(23-2)12-10-16/h4-12,20H,3,13-15H2,1-2H3. The first-order valence-electron chi connectivity index (χ1n) is 7.93. The Morgan fingerprint density at radius 1 is 1.09 bits per heavy atom. The number of methoxy groups -OCH3 is 1. The van der Waals surface area contributed by atoms with E-state index in [2.05, 4.69) is 5.32 Å². The van der Waals surface area contributed by atoms with Gasteiger partial charge in [0.15, 0.2) is 0 Å². The second kappa shape index (κ2) is 8.96. The van der Waals surface area contributed by atoms with Crippen molar-refractivity contribution in [3.05, 3.63) is 60.2 Å². The molecular weight excluding hydrogens is 288 g/mol. The molecule has 2 aromatic carbocycles. The van der Waals surface area contributed by atoms with Crippen LogP contribution in [0.4, 0.5) is 5.69 Å². The van der Waals surface area contributed by atoms with E-state index in [1.54, 1.807) is 12.0 Å². The Hall–Kier alpha value is -2.33. The molecule has 2 rings (SSSR count). The van der Waals surface area contributed by atoms with Crippen LogP contribution in [0.1, 0.15) is 12.5 Å². The number of amides is 1. The first-order valence-corrected chi connectivity index (χ1v) is 7.93. The number of carbonyl (C=O) groups excluding carboxylic acids is 1. The van der Waals surface area contributed by atoms with E-state index in [-0.39, 0.29) is 5.91 Å². The molecule has 0 atom stereocenters. The molecule has 2 aromatic rings. The fourth-order valence-corrected chi connectivity index (χ4v) is 2.43. The summed E-state index contributed by atoms with van der Waals surface area (Å²) in [6.45, 7) is 3.77. The van der Waals surface area contributed by atoms with Gasteiger partial charge in [-0.3, -0.25) is 4.79 Å². The van der Waals surface area contributed by atoms with Crippen LogP contribution in [0.15, 0.2) is 54.6 Å². The zero-order valence-electron chi connectivity index (χ0n) is 13.8. The van der Waals surface area contributed by atoms with Crippen LogP contribution in [0, 0.1) is 0 Å². The summed E-state index contributed by atoms with van der Waals surface area (Å²) >= 11 is 0. The van der Waals surface area contributed by atoms with Crippen molar-refractivity contribution in [3.63, 3.8) is 0 Å². The number of likely N-dealkylation sites (N-methyl/N-ethyl adjacent to an activating group) is 1. The van der Waals surface area contributed by atoms with Crippen LogP contribution >= 0.6 is 0 Å². The maximum absolute atomic E-state index is 12.3. The lowest BCUT2D eigenvalue weighted by Crippen LogP contribution is -2.38. The van der Waals surface area contributed by atoms with E-state index in [9.17, 15) is 4.79 Å². The van der Waals surface area contributed by atoms with Gasteiger partial charge >= 0.3 is 0 Å². The fraction of sp³-hybridized carbons (Fsp3) is 0.316. The second-order valence-corrected chi connectivity index (χ2v) is 5.25. The summed E-state index contributed by atoms with van der Waals surface area (Å²) in [4.78, 5) is 14.1. The molecular formula is C19H24N2O2. The Bertz CT molecular complexity index is 597. The fourth-order valence-electron chi connectivity index (χ4n) is 2.43. The molecule has 1 amide bonds. The predicted octanol–water partition coefficient (Wildman–Crippen LogP) is 2.88. The highest BCUT2D eigenvalue weighted by atomic mass is 16.5. The van der Waals surface area contributed by atoms with Gasteiger partial charge in [0.05, 0.1) is 13.7 Å². The molecule has 0 heterocycles. The second-order valence-electron chi connectivity index (χ2n) is 5.25. The van der Waals surface area contributed by atoms with Crippen LogP contribution in [0.3, 0.4) is 0 Å². The minimum Gasteiger partial charge on any atom is -0.497 e. The van der Waals surface area contributed by atoms with Crippen molar-refractivity contribution in [1.82, 2.24) is 5.32 Å². The number of anilines is 1. The Labute approximate surface area is 138 Å². The molecule has 0 unspecified atom stereocenters. The lowest BCUT2D eigenvalue weighted by Gasteiger charge is -2.21. The van der Waals surface area contributed by atoms with E-state index in [4.69, 9.17) is 4.74 Å². The number of hydrogen-bond acceptors (Lipinski definition) is 3. The van der Waals surface area contributed by atoms with Crippen molar-refractivity contribution in [2.24, 2.45) is 0 Å². The zero-order chi connectivity index (χ0) is 16.5. The lowest BCUT2D eigenvalue weighted by molar-refractivity contribution is -0.117. The molecule has 0 saturated heterocycles. The summed E-state index contributed by atoms with van der Waals surface area (Å²) in [5.74, 6) is 0.951. The number of nitrogens with zero attached hydrogens (tertiary/aromatic N) is 1. The molecule has 23 heavy (non-hydrogen) atoms. The molecule has 0 radical (unpaired) electrons.